The topological polar surface area (TPSA) is 66.5 Å². The van der Waals surface area contributed by atoms with Crippen molar-refractivity contribution in [3.05, 3.63) is 59.1 Å². The monoisotopic (exact) mass is 494 g/mol. The highest BCUT2D eigenvalue weighted by Crippen LogP contribution is 2.29. The summed E-state index contributed by atoms with van der Waals surface area (Å²) >= 11 is 8.06. The third-order valence-corrected chi connectivity index (χ3v) is 9.07. The second-order valence-corrected chi connectivity index (χ2v) is 11.8. The number of amides is 1. The van der Waals surface area contributed by atoms with E-state index in [9.17, 15) is 13.2 Å². The lowest BCUT2D eigenvalue weighted by Gasteiger charge is -2.26. The zero-order valence-corrected chi connectivity index (χ0v) is 20.8. The predicted molar refractivity (Wildman–Crippen MR) is 134 cm³/mol. The van der Waals surface area contributed by atoms with Crippen molar-refractivity contribution in [2.75, 3.05) is 23.1 Å². The second kappa shape index (κ2) is 12.0. The highest BCUT2D eigenvalue weighted by Gasteiger charge is 2.28. The van der Waals surface area contributed by atoms with Crippen LogP contribution in [0.5, 0.6) is 0 Å². The molecule has 0 heterocycles. The molecule has 0 spiro atoms. The molecule has 0 bridgehead atoms. The molecule has 174 valence electrons. The van der Waals surface area contributed by atoms with E-state index in [0.717, 1.165) is 17.4 Å². The fourth-order valence-electron chi connectivity index (χ4n) is 3.89. The summed E-state index contributed by atoms with van der Waals surface area (Å²) in [6, 6.07) is 13.2. The van der Waals surface area contributed by atoms with E-state index in [-0.39, 0.29) is 17.3 Å². The number of carbonyl (C=O) groups is 1. The zero-order valence-electron chi connectivity index (χ0n) is 18.4. The van der Waals surface area contributed by atoms with Crippen molar-refractivity contribution >= 4 is 45.0 Å². The number of aryl methyl sites for hydroxylation is 1. The van der Waals surface area contributed by atoms with E-state index in [0.29, 0.717) is 22.8 Å². The Hall–Kier alpha value is -1.70. The summed E-state index contributed by atoms with van der Waals surface area (Å²) in [4.78, 5) is 12.8. The Morgan fingerprint density at radius 1 is 1.12 bits per heavy atom. The van der Waals surface area contributed by atoms with Gasteiger partial charge in [-0.25, -0.2) is 8.42 Å². The lowest BCUT2D eigenvalue weighted by Crippen LogP contribution is -2.41. The molecular formula is C24H31ClN2O3S2. The van der Waals surface area contributed by atoms with Gasteiger partial charge in [-0.3, -0.25) is 9.10 Å². The normalized spacial score (nSPS) is 14.8. The number of benzene rings is 2. The molecule has 0 aromatic heterocycles. The van der Waals surface area contributed by atoms with Crippen LogP contribution in [0.4, 0.5) is 5.69 Å². The predicted octanol–water partition coefficient (Wildman–Crippen LogP) is 5.42. The first-order valence-electron chi connectivity index (χ1n) is 11.1. The van der Waals surface area contributed by atoms with E-state index in [1.165, 1.54) is 48.5 Å². The maximum Gasteiger partial charge on any atom is 0.264 e. The quantitative estimate of drug-likeness (QED) is 0.448. The minimum atomic E-state index is -3.91. The SMILES string of the molecule is Cc1cc(Cl)ccc1N(CC(=O)NCCCSC1CCCCC1)S(=O)(=O)c1ccccc1. The van der Waals surface area contributed by atoms with E-state index < -0.39 is 10.0 Å². The number of nitrogens with one attached hydrogen (secondary N) is 1. The fraction of sp³-hybridized carbons (Fsp3) is 0.458. The lowest BCUT2D eigenvalue weighted by molar-refractivity contribution is -0.119. The van der Waals surface area contributed by atoms with Gasteiger partial charge >= 0.3 is 0 Å². The number of hydrogen-bond acceptors (Lipinski definition) is 4. The highest BCUT2D eigenvalue weighted by molar-refractivity contribution is 7.99. The highest BCUT2D eigenvalue weighted by atomic mass is 35.5. The number of halogens is 1. The Labute approximate surface area is 201 Å². The van der Waals surface area contributed by atoms with Gasteiger partial charge in [0, 0.05) is 16.8 Å². The van der Waals surface area contributed by atoms with Gasteiger partial charge in [-0.15, -0.1) is 0 Å². The van der Waals surface area contributed by atoms with Crippen LogP contribution in [0.1, 0.15) is 44.1 Å². The first-order valence-corrected chi connectivity index (χ1v) is 14.0. The molecule has 1 aliphatic carbocycles. The standard InChI is InChI=1S/C24H31ClN2O3S2/c1-19-17-20(25)13-14-23(19)27(32(29,30)22-11-6-3-7-12-22)18-24(28)26-15-8-16-31-21-9-4-2-5-10-21/h3,6-7,11-14,17,21H,2,4-5,8-10,15-16,18H2,1H3,(H,26,28). The van der Waals surface area contributed by atoms with Gasteiger partial charge < -0.3 is 5.32 Å². The third kappa shape index (κ3) is 6.90. The first kappa shape index (κ1) is 24.9. The van der Waals surface area contributed by atoms with Crippen molar-refractivity contribution in [1.82, 2.24) is 5.32 Å². The van der Waals surface area contributed by atoms with E-state index >= 15 is 0 Å². The molecular weight excluding hydrogens is 464 g/mol. The summed E-state index contributed by atoms with van der Waals surface area (Å²) in [7, 11) is -3.91. The molecule has 8 heteroatoms. The van der Waals surface area contributed by atoms with Crippen LogP contribution in [0.25, 0.3) is 0 Å². The minimum absolute atomic E-state index is 0.144. The third-order valence-electron chi connectivity index (χ3n) is 5.59. The van der Waals surface area contributed by atoms with Gasteiger partial charge in [0.1, 0.15) is 6.54 Å². The van der Waals surface area contributed by atoms with Gasteiger partial charge in [-0.05, 0) is 67.8 Å². The largest absolute Gasteiger partial charge is 0.354 e. The molecule has 0 saturated heterocycles. The summed E-state index contributed by atoms with van der Waals surface area (Å²) < 4.78 is 27.9. The molecule has 0 unspecified atom stereocenters. The van der Waals surface area contributed by atoms with Crippen LogP contribution in [0.3, 0.4) is 0 Å². The summed E-state index contributed by atoms with van der Waals surface area (Å²) in [5.41, 5.74) is 1.13. The smallest absolute Gasteiger partial charge is 0.264 e. The molecule has 5 nitrogen and oxygen atoms in total. The molecule has 1 N–H and O–H groups in total. The van der Waals surface area contributed by atoms with E-state index in [4.69, 9.17) is 11.6 Å². The molecule has 2 aromatic carbocycles. The van der Waals surface area contributed by atoms with Crippen molar-refractivity contribution in [3.8, 4) is 0 Å². The Balaban J connectivity index is 1.64. The number of rotatable bonds is 10. The number of sulfonamides is 1. The van der Waals surface area contributed by atoms with Crippen molar-refractivity contribution in [2.45, 2.75) is 55.6 Å². The Bertz CT molecular complexity index is 994. The van der Waals surface area contributed by atoms with Crippen molar-refractivity contribution < 1.29 is 13.2 Å². The molecule has 2 aromatic rings. The Morgan fingerprint density at radius 3 is 2.53 bits per heavy atom. The second-order valence-electron chi connectivity index (χ2n) is 8.09. The molecule has 0 radical (unpaired) electrons. The van der Waals surface area contributed by atoms with E-state index in [1.807, 2.05) is 11.8 Å². The molecule has 1 amide bonds. The van der Waals surface area contributed by atoms with Crippen LogP contribution in [0, 0.1) is 6.92 Å². The van der Waals surface area contributed by atoms with Gasteiger partial charge in [-0.1, -0.05) is 49.1 Å². The molecule has 1 fully saturated rings. The average molecular weight is 495 g/mol. The van der Waals surface area contributed by atoms with Gasteiger partial charge in [0.05, 0.1) is 10.6 Å². The van der Waals surface area contributed by atoms with Crippen molar-refractivity contribution in [2.24, 2.45) is 0 Å². The zero-order chi connectivity index (χ0) is 23.0. The van der Waals surface area contributed by atoms with Crippen molar-refractivity contribution in [1.29, 1.82) is 0 Å². The number of hydrogen-bond donors (Lipinski definition) is 1. The first-order chi connectivity index (χ1) is 15.4. The van der Waals surface area contributed by atoms with Gasteiger partial charge in [0.15, 0.2) is 0 Å². The van der Waals surface area contributed by atoms with Gasteiger partial charge in [0.25, 0.3) is 10.0 Å². The summed E-state index contributed by atoms with van der Waals surface area (Å²) in [6.07, 6.45) is 7.46. The Morgan fingerprint density at radius 2 is 1.84 bits per heavy atom. The maximum atomic E-state index is 13.4. The lowest BCUT2D eigenvalue weighted by atomic mass is 10.0. The van der Waals surface area contributed by atoms with Crippen LogP contribution >= 0.6 is 23.4 Å². The van der Waals surface area contributed by atoms with Crippen molar-refractivity contribution in [3.63, 3.8) is 0 Å². The van der Waals surface area contributed by atoms with E-state index in [1.54, 1.807) is 43.3 Å². The number of nitrogens with zero attached hydrogens (tertiary/aromatic N) is 1. The number of thioether (sulfide) groups is 1. The van der Waals surface area contributed by atoms with Gasteiger partial charge in [-0.2, -0.15) is 11.8 Å². The Kier molecular flexibility index (Phi) is 9.32. The summed E-state index contributed by atoms with van der Waals surface area (Å²) in [5.74, 6) is 0.689. The molecule has 3 rings (SSSR count). The summed E-state index contributed by atoms with van der Waals surface area (Å²) in [6.45, 7) is 2.04. The number of carbonyl (C=O) groups excluding carboxylic acids is 1. The molecule has 32 heavy (non-hydrogen) atoms. The molecule has 0 aliphatic heterocycles. The van der Waals surface area contributed by atoms with Crippen LogP contribution in [-0.4, -0.2) is 38.4 Å². The van der Waals surface area contributed by atoms with E-state index in [2.05, 4.69) is 5.32 Å². The van der Waals surface area contributed by atoms with Crippen LogP contribution in [-0.2, 0) is 14.8 Å². The molecule has 1 aliphatic rings. The van der Waals surface area contributed by atoms with Crippen LogP contribution in [0.15, 0.2) is 53.4 Å². The molecule has 1 saturated carbocycles. The fourth-order valence-corrected chi connectivity index (χ4v) is 6.93. The minimum Gasteiger partial charge on any atom is -0.354 e. The summed E-state index contributed by atoms with van der Waals surface area (Å²) in [5, 5.41) is 4.16. The molecule has 0 atom stereocenters. The maximum absolute atomic E-state index is 13.4. The van der Waals surface area contributed by atoms with Gasteiger partial charge in [0.2, 0.25) is 5.91 Å². The van der Waals surface area contributed by atoms with Crippen LogP contribution in [0.2, 0.25) is 5.02 Å². The number of anilines is 1. The van der Waals surface area contributed by atoms with Crippen LogP contribution < -0.4 is 9.62 Å². The average Bonchev–Trinajstić information content (AvgIpc) is 2.79.